The second-order valence-corrected chi connectivity index (χ2v) is 7.79. The molecule has 1 atom stereocenters. The molecule has 1 fully saturated rings. The third-order valence-electron chi connectivity index (χ3n) is 5.65. The van der Waals surface area contributed by atoms with E-state index in [1.807, 2.05) is 30.6 Å². The standard InChI is InChI=1S/C24H32N6O.HI/c1-3-25-24(26-14-8-15-30-18-27-20-9-4-5-10-21(20)30)28-19-13-16-29(17-19)22-11-6-7-12-23(22)31-2;/h4-7,9-12,18-19H,3,8,13-17H2,1-2H3,(H2,25,26,28);1H. The zero-order valence-electron chi connectivity index (χ0n) is 18.8. The topological polar surface area (TPSA) is 66.7 Å². The quantitative estimate of drug-likeness (QED) is 0.194. The van der Waals surface area contributed by atoms with Crippen LogP contribution in [-0.4, -0.2) is 54.8 Å². The van der Waals surface area contributed by atoms with Crippen molar-refractivity contribution in [1.82, 2.24) is 20.2 Å². The van der Waals surface area contributed by atoms with E-state index in [9.17, 15) is 0 Å². The lowest BCUT2D eigenvalue weighted by molar-refractivity contribution is 0.415. The molecule has 1 aliphatic rings. The SMILES string of the molecule is CCNC(=NCCCn1cnc2ccccc21)NC1CCN(c2ccccc2OC)C1.I. The number of aryl methyl sites for hydroxylation is 1. The number of anilines is 1. The van der Waals surface area contributed by atoms with E-state index in [0.29, 0.717) is 6.04 Å². The van der Waals surface area contributed by atoms with Gasteiger partial charge in [-0.25, -0.2) is 4.98 Å². The molecule has 0 spiro atoms. The van der Waals surface area contributed by atoms with Gasteiger partial charge in [0.15, 0.2) is 5.96 Å². The fraction of sp³-hybridized carbons (Fsp3) is 0.417. The molecule has 32 heavy (non-hydrogen) atoms. The highest BCUT2D eigenvalue weighted by atomic mass is 127. The summed E-state index contributed by atoms with van der Waals surface area (Å²) in [6.45, 7) is 6.57. The van der Waals surface area contributed by atoms with Crippen LogP contribution in [0.5, 0.6) is 5.75 Å². The monoisotopic (exact) mass is 548 g/mol. The van der Waals surface area contributed by atoms with Crippen LogP contribution in [0.2, 0.25) is 0 Å². The number of nitrogens with one attached hydrogen (secondary N) is 2. The Morgan fingerprint density at radius 3 is 2.84 bits per heavy atom. The lowest BCUT2D eigenvalue weighted by atomic mass is 10.2. The number of aliphatic imine (C=N–C) groups is 1. The largest absolute Gasteiger partial charge is 0.495 e. The molecule has 0 aliphatic carbocycles. The van der Waals surface area contributed by atoms with Crippen LogP contribution in [0.3, 0.4) is 0 Å². The molecule has 2 aromatic carbocycles. The Morgan fingerprint density at radius 2 is 2.00 bits per heavy atom. The highest BCUT2D eigenvalue weighted by Gasteiger charge is 2.25. The Kier molecular flexibility index (Phi) is 9.01. The molecular weight excluding hydrogens is 515 g/mol. The van der Waals surface area contributed by atoms with Gasteiger partial charge in [-0.2, -0.15) is 0 Å². The van der Waals surface area contributed by atoms with Crippen molar-refractivity contribution in [3.63, 3.8) is 0 Å². The van der Waals surface area contributed by atoms with Gasteiger partial charge in [-0.15, -0.1) is 24.0 Å². The number of methoxy groups -OCH3 is 1. The minimum atomic E-state index is 0. The number of imidazole rings is 1. The summed E-state index contributed by atoms with van der Waals surface area (Å²) in [4.78, 5) is 11.6. The third-order valence-corrected chi connectivity index (χ3v) is 5.65. The number of benzene rings is 2. The van der Waals surface area contributed by atoms with Crippen molar-refractivity contribution in [3.05, 3.63) is 54.9 Å². The van der Waals surface area contributed by atoms with Gasteiger partial charge in [0.1, 0.15) is 5.75 Å². The van der Waals surface area contributed by atoms with Gasteiger partial charge < -0.3 is 24.8 Å². The number of nitrogens with zero attached hydrogens (tertiary/aromatic N) is 4. The van der Waals surface area contributed by atoms with E-state index < -0.39 is 0 Å². The normalized spacial score (nSPS) is 16.1. The van der Waals surface area contributed by atoms with Crippen molar-refractivity contribution in [3.8, 4) is 5.75 Å². The summed E-state index contributed by atoms with van der Waals surface area (Å²) in [6.07, 6.45) is 3.96. The minimum absolute atomic E-state index is 0. The maximum absolute atomic E-state index is 5.53. The predicted octanol–water partition coefficient (Wildman–Crippen LogP) is 3.89. The molecule has 0 amide bonds. The van der Waals surface area contributed by atoms with Crippen LogP contribution in [0.25, 0.3) is 11.0 Å². The molecule has 3 aromatic rings. The highest BCUT2D eigenvalue weighted by Crippen LogP contribution is 2.30. The number of aromatic nitrogens is 2. The van der Waals surface area contributed by atoms with Crippen LogP contribution in [-0.2, 0) is 6.54 Å². The van der Waals surface area contributed by atoms with Gasteiger partial charge in [0, 0.05) is 38.8 Å². The van der Waals surface area contributed by atoms with Crippen molar-refractivity contribution in [1.29, 1.82) is 0 Å². The maximum Gasteiger partial charge on any atom is 0.191 e. The molecule has 172 valence electrons. The third kappa shape index (κ3) is 5.85. The average Bonchev–Trinajstić information content (AvgIpc) is 3.44. The average molecular weight is 548 g/mol. The fourth-order valence-electron chi connectivity index (χ4n) is 4.12. The number of para-hydroxylation sites is 4. The first-order valence-electron chi connectivity index (χ1n) is 11.1. The summed E-state index contributed by atoms with van der Waals surface area (Å²) in [5.41, 5.74) is 3.38. The van der Waals surface area contributed by atoms with E-state index in [1.54, 1.807) is 7.11 Å². The number of fused-ring (bicyclic) bond motifs is 1. The Morgan fingerprint density at radius 1 is 1.19 bits per heavy atom. The minimum Gasteiger partial charge on any atom is -0.495 e. The van der Waals surface area contributed by atoms with Gasteiger partial charge in [0.2, 0.25) is 0 Å². The van der Waals surface area contributed by atoms with E-state index in [0.717, 1.165) is 68.5 Å². The summed E-state index contributed by atoms with van der Waals surface area (Å²) in [5.74, 6) is 1.82. The maximum atomic E-state index is 5.53. The van der Waals surface area contributed by atoms with E-state index in [4.69, 9.17) is 9.73 Å². The van der Waals surface area contributed by atoms with E-state index in [1.165, 1.54) is 5.52 Å². The number of rotatable bonds is 8. The lowest BCUT2D eigenvalue weighted by Gasteiger charge is -2.22. The van der Waals surface area contributed by atoms with Crippen LogP contribution < -0.4 is 20.3 Å². The zero-order valence-corrected chi connectivity index (χ0v) is 21.2. The molecule has 2 N–H and O–H groups in total. The zero-order chi connectivity index (χ0) is 21.5. The second-order valence-electron chi connectivity index (χ2n) is 7.79. The number of ether oxygens (including phenoxy) is 1. The molecule has 0 radical (unpaired) electrons. The number of halogens is 1. The number of hydrogen-bond acceptors (Lipinski definition) is 4. The summed E-state index contributed by atoms with van der Waals surface area (Å²) >= 11 is 0. The van der Waals surface area contributed by atoms with E-state index >= 15 is 0 Å². The van der Waals surface area contributed by atoms with Crippen molar-refractivity contribution >= 4 is 46.7 Å². The van der Waals surface area contributed by atoms with E-state index in [-0.39, 0.29) is 24.0 Å². The molecular formula is C24H33IN6O. The Bertz CT molecular complexity index is 1020. The first-order valence-corrected chi connectivity index (χ1v) is 11.1. The van der Waals surface area contributed by atoms with Crippen LogP contribution >= 0.6 is 24.0 Å². The molecule has 4 rings (SSSR count). The summed E-state index contributed by atoms with van der Waals surface area (Å²) < 4.78 is 7.73. The molecule has 0 bridgehead atoms. The molecule has 8 heteroatoms. The Labute approximate surface area is 207 Å². The van der Waals surface area contributed by atoms with Gasteiger partial charge in [0.05, 0.1) is 30.2 Å². The van der Waals surface area contributed by atoms with Gasteiger partial charge in [-0.1, -0.05) is 24.3 Å². The van der Waals surface area contributed by atoms with Crippen molar-refractivity contribution in [2.45, 2.75) is 32.4 Å². The summed E-state index contributed by atoms with van der Waals surface area (Å²) in [7, 11) is 1.73. The highest BCUT2D eigenvalue weighted by molar-refractivity contribution is 14.0. The predicted molar refractivity (Wildman–Crippen MR) is 142 cm³/mol. The molecule has 0 saturated carbocycles. The lowest BCUT2D eigenvalue weighted by Crippen LogP contribution is -2.44. The van der Waals surface area contributed by atoms with Crippen molar-refractivity contribution in [2.75, 3.05) is 38.2 Å². The van der Waals surface area contributed by atoms with Crippen LogP contribution in [0.15, 0.2) is 59.9 Å². The van der Waals surface area contributed by atoms with Crippen molar-refractivity contribution < 1.29 is 4.74 Å². The van der Waals surface area contributed by atoms with Gasteiger partial charge in [0.25, 0.3) is 0 Å². The second kappa shape index (κ2) is 11.9. The van der Waals surface area contributed by atoms with Gasteiger partial charge >= 0.3 is 0 Å². The molecule has 7 nitrogen and oxygen atoms in total. The fourth-order valence-corrected chi connectivity index (χ4v) is 4.12. The molecule has 1 aromatic heterocycles. The Hall–Kier alpha value is -2.49. The van der Waals surface area contributed by atoms with E-state index in [2.05, 4.69) is 56.3 Å². The smallest absolute Gasteiger partial charge is 0.191 e. The summed E-state index contributed by atoms with van der Waals surface area (Å²) in [6, 6.07) is 16.8. The van der Waals surface area contributed by atoms with Gasteiger partial charge in [-0.3, -0.25) is 4.99 Å². The van der Waals surface area contributed by atoms with Crippen molar-refractivity contribution in [2.24, 2.45) is 4.99 Å². The molecule has 2 heterocycles. The molecule has 1 aliphatic heterocycles. The molecule has 1 saturated heterocycles. The number of guanidine groups is 1. The Balaban J connectivity index is 0.00000289. The first kappa shape index (κ1) is 24.2. The first-order chi connectivity index (χ1) is 15.3. The number of hydrogen-bond donors (Lipinski definition) is 2. The van der Waals surface area contributed by atoms with Gasteiger partial charge in [-0.05, 0) is 44.0 Å². The van der Waals surface area contributed by atoms with Crippen LogP contribution in [0.4, 0.5) is 5.69 Å². The summed E-state index contributed by atoms with van der Waals surface area (Å²) in [5, 5.41) is 7.00. The molecule has 1 unspecified atom stereocenters. The van der Waals surface area contributed by atoms with Crippen LogP contribution in [0.1, 0.15) is 19.8 Å². The van der Waals surface area contributed by atoms with Crippen LogP contribution in [0, 0.1) is 0 Å².